The van der Waals surface area contributed by atoms with E-state index in [1.807, 2.05) is 16.8 Å². The Morgan fingerprint density at radius 3 is 3.00 bits per heavy atom. The highest BCUT2D eigenvalue weighted by atomic mass is 32.1. The fourth-order valence-corrected chi connectivity index (χ4v) is 2.98. The average molecular weight is 282 g/mol. The van der Waals surface area contributed by atoms with Gasteiger partial charge in [-0.1, -0.05) is 0 Å². The number of aliphatic carboxylic acids is 1. The first-order valence-corrected chi connectivity index (χ1v) is 7.26. The first-order chi connectivity index (χ1) is 9.08. The van der Waals surface area contributed by atoms with Gasteiger partial charge in [-0.15, -0.1) is 0 Å². The van der Waals surface area contributed by atoms with Gasteiger partial charge in [0.15, 0.2) is 0 Å². The smallest absolute Gasteiger partial charge is 0.320 e. The molecule has 1 aliphatic heterocycles. The summed E-state index contributed by atoms with van der Waals surface area (Å²) >= 11 is 1.60. The maximum absolute atomic E-state index is 12.3. The molecule has 1 aromatic heterocycles. The van der Waals surface area contributed by atoms with Crippen LogP contribution >= 0.6 is 11.3 Å². The molecule has 5 nitrogen and oxygen atoms in total. The van der Waals surface area contributed by atoms with Crippen LogP contribution in [0.4, 0.5) is 4.79 Å². The van der Waals surface area contributed by atoms with Crippen molar-refractivity contribution in [3.63, 3.8) is 0 Å². The number of carboxylic acid groups (broad SMARTS) is 1. The van der Waals surface area contributed by atoms with Crippen LogP contribution < -0.4 is 0 Å². The molecule has 1 aliphatic rings. The van der Waals surface area contributed by atoms with Crippen molar-refractivity contribution in [3.05, 3.63) is 22.4 Å². The molecule has 0 aromatic carbocycles. The highest BCUT2D eigenvalue weighted by molar-refractivity contribution is 7.07. The Morgan fingerprint density at radius 1 is 1.58 bits per heavy atom. The minimum absolute atomic E-state index is 0.0860. The van der Waals surface area contributed by atoms with Gasteiger partial charge in [-0.05, 0) is 35.2 Å². The van der Waals surface area contributed by atoms with Crippen LogP contribution in [0.15, 0.2) is 16.8 Å². The van der Waals surface area contributed by atoms with Crippen LogP contribution in [-0.2, 0) is 11.3 Å². The second-order valence-corrected chi connectivity index (χ2v) is 5.67. The molecule has 0 unspecified atom stereocenters. The molecule has 2 amide bonds. The first kappa shape index (κ1) is 13.9. The Kier molecular flexibility index (Phi) is 4.42. The van der Waals surface area contributed by atoms with E-state index in [-0.39, 0.29) is 6.03 Å². The molecular weight excluding hydrogens is 264 g/mol. The second-order valence-electron chi connectivity index (χ2n) is 4.89. The summed E-state index contributed by atoms with van der Waals surface area (Å²) in [5, 5.41) is 13.0. The van der Waals surface area contributed by atoms with E-state index in [2.05, 4.69) is 0 Å². The van der Waals surface area contributed by atoms with E-state index < -0.39 is 11.9 Å². The van der Waals surface area contributed by atoms with Crippen LogP contribution in [-0.4, -0.2) is 47.0 Å². The van der Waals surface area contributed by atoms with Crippen LogP contribution in [0.5, 0.6) is 0 Å². The average Bonchev–Trinajstić information content (AvgIpc) is 2.90. The van der Waals surface area contributed by atoms with Crippen molar-refractivity contribution in [2.45, 2.75) is 19.4 Å². The van der Waals surface area contributed by atoms with E-state index in [1.165, 1.54) is 0 Å². The van der Waals surface area contributed by atoms with Crippen molar-refractivity contribution >= 4 is 23.3 Å². The second kappa shape index (κ2) is 6.06. The summed E-state index contributed by atoms with van der Waals surface area (Å²) in [5.74, 6) is -1.23. The molecule has 0 aliphatic carbocycles. The van der Waals surface area contributed by atoms with Crippen molar-refractivity contribution < 1.29 is 14.7 Å². The van der Waals surface area contributed by atoms with Gasteiger partial charge < -0.3 is 14.9 Å². The van der Waals surface area contributed by atoms with E-state index >= 15 is 0 Å². The lowest BCUT2D eigenvalue weighted by Gasteiger charge is -2.33. The SMILES string of the molecule is CN(Cc1ccsc1)C(=O)N1CCC[C@H](C(=O)O)C1. The summed E-state index contributed by atoms with van der Waals surface area (Å²) in [4.78, 5) is 26.5. The minimum Gasteiger partial charge on any atom is -0.481 e. The van der Waals surface area contributed by atoms with Crippen molar-refractivity contribution in [1.29, 1.82) is 0 Å². The summed E-state index contributed by atoms with van der Waals surface area (Å²) in [7, 11) is 1.75. The molecule has 1 saturated heterocycles. The zero-order chi connectivity index (χ0) is 13.8. The Hall–Kier alpha value is -1.56. The summed E-state index contributed by atoms with van der Waals surface area (Å²) in [6.45, 7) is 1.54. The van der Waals surface area contributed by atoms with Crippen LogP contribution in [0.1, 0.15) is 18.4 Å². The third-order valence-corrected chi connectivity index (χ3v) is 4.10. The normalized spacial score (nSPS) is 19.2. The number of amides is 2. The number of likely N-dealkylation sites (tertiary alicyclic amines) is 1. The predicted molar refractivity (Wildman–Crippen MR) is 73.1 cm³/mol. The monoisotopic (exact) mass is 282 g/mol. The number of rotatable bonds is 3. The number of urea groups is 1. The van der Waals surface area contributed by atoms with Crippen molar-refractivity contribution in [1.82, 2.24) is 9.80 Å². The van der Waals surface area contributed by atoms with Crippen LogP contribution in [0, 0.1) is 5.92 Å². The Balaban J connectivity index is 1.93. The molecule has 0 radical (unpaired) electrons. The fourth-order valence-electron chi connectivity index (χ4n) is 2.32. The maximum Gasteiger partial charge on any atom is 0.320 e. The van der Waals surface area contributed by atoms with E-state index in [1.54, 1.807) is 28.2 Å². The van der Waals surface area contributed by atoms with Crippen molar-refractivity contribution in [2.75, 3.05) is 20.1 Å². The van der Waals surface area contributed by atoms with Gasteiger partial charge in [0.05, 0.1) is 5.92 Å². The summed E-state index contributed by atoms with van der Waals surface area (Å²) < 4.78 is 0. The van der Waals surface area contributed by atoms with Gasteiger partial charge in [0.1, 0.15) is 0 Å². The van der Waals surface area contributed by atoms with Crippen molar-refractivity contribution in [3.8, 4) is 0 Å². The molecule has 104 valence electrons. The molecule has 1 aromatic rings. The molecule has 0 bridgehead atoms. The van der Waals surface area contributed by atoms with Crippen LogP contribution in [0.25, 0.3) is 0 Å². The quantitative estimate of drug-likeness (QED) is 0.923. The lowest BCUT2D eigenvalue weighted by atomic mass is 9.99. The lowest BCUT2D eigenvalue weighted by Crippen LogP contribution is -2.47. The fraction of sp³-hybridized carbons (Fsp3) is 0.538. The molecule has 1 fully saturated rings. The van der Waals surface area contributed by atoms with E-state index in [9.17, 15) is 9.59 Å². The standard InChI is InChI=1S/C13H18N2O3S/c1-14(7-10-4-6-19-9-10)13(18)15-5-2-3-11(8-15)12(16)17/h4,6,9,11H,2-3,5,7-8H2,1H3,(H,16,17)/t11-/m0/s1. The van der Waals surface area contributed by atoms with Gasteiger partial charge in [0.25, 0.3) is 0 Å². The lowest BCUT2D eigenvalue weighted by molar-refractivity contribution is -0.143. The molecule has 2 heterocycles. The third-order valence-electron chi connectivity index (χ3n) is 3.37. The number of piperidine rings is 1. The molecule has 19 heavy (non-hydrogen) atoms. The summed E-state index contributed by atoms with van der Waals surface area (Å²) in [6.07, 6.45) is 1.42. The van der Waals surface area contributed by atoms with Crippen LogP contribution in [0.2, 0.25) is 0 Å². The van der Waals surface area contributed by atoms with Gasteiger partial charge in [-0.2, -0.15) is 11.3 Å². The van der Waals surface area contributed by atoms with E-state index in [0.717, 1.165) is 12.0 Å². The maximum atomic E-state index is 12.3. The van der Waals surface area contributed by atoms with Gasteiger partial charge in [-0.3, -0.25) is 4.79 Å². The molecule has 2 rings (SSSR count). The molecule has 0 saturated carbocycles. The Bertz CT molecular complexity index is 447. The highest BCUT2D eigenvalue weighted by Gasteiger charge is 2.29. The highest BCUT2D eigenvalue weighted by Crippen LogP contribution is 2.18. The summed E-state index contributed by atoms with van der Waals surface area (Å²) in [6, 6.07) is 1.90. The number of hydrogen-bond acceptors (Lipinski definition) is 3. The topological polar surface area (TPSA) is 60.9 Å². The van der Waals surface area contributed by atoms with Gasteiger partial charge in [0, 0.05) is 26.7 Å². The van der Waals surface area contributed by atoms with Crippen molar-refractivity contribution in [2.24, 2.45) is 5.92 Å². The summed E-state index contributed by atoms with van der Waals surface area (Å²) in [5.41, 5.74) is 1.10. The van der Waals surface area contributed by atoms with Gasteiger partial charge >= 0.3 is 12.0 Å². The largest absolute Gasteiger partial charge is 0.481 e. The Labute approximate surface area is 116 Å². The number of hydrogen-bond donors (Lipinski definition) is 1. The van der Waals surface area contributed by atoms with Gasteiger partial charge in [-0.25, -0.2) is 4.79 Å². The number of thiophene rings is 1. The minimum atomic E-state index is -0.807. The first-order valence-electron chi connectivity index (χ1n) is 6.32. The zero-order valence-corrected chi connectivity index (χ0v) is 11.7. The van der Waals surface area contributed by atoms with E-state index in [4.69, 9.17) is 5.11 Å². The molecule has 1 atom stereocenters. The molecule has 6 heteroatoms. The molecule has 1 N–H and O–H groups in total. The molecule has 0 spiro atoms. The van der Waals surface area contributed by atoms with Gasteiger partial charge in [0.2, 0.25) is 0 Å². The number of carbonyl (C=O) groups excluding carboxylic acids is 1. The number of carbonyl (C=O) groups is 2. The molecular formula is C13H18N2O3S. The van der Waals surface area contributed by atoms with Crippen LogP contribution in [0.3, 0.4) is 0 Å². The number of carboxylic acids is 1. The van der Waals surface area contributed by atoms with E-state index in [0.29, 0.717) is 26.1 Å². The Morgan fingerprint density at radius 2 is 2.37 bits per heavy atom. The predicted octanol–water partition coefficient (Wildman–Crippen LogP) is 2.10. The zero-order valence-electron chi connectivity index (χ0n) is 10.9. The number of nitrogens with zero attached hydrogens (tertiary/aromatic N) is 2. The third kappa shape index (κ3) is 3.47.